The summed E-state index contributed by atoms with van der Waals surface area (Å²) in [6.07, 6.45) is 2.42. The number of thioether (sulfide) groups is 2. The van der Waals surface area contributed by atoms with Gasteiger partial charge >= 0.3 is 0 Å². The zero-order valence-electron chi connectivity index (χ0n) is 16.7. The molecule has 0 unspecified atom stereocenters. The highest BCUT2D eigenvalue weighted by molar-refractivity contribution is 8.03. The summed E-state index contributed by atoms with van der Waals surface area (Å²) in [6.45, 7) is 9.50. The van der Waals surface area contributed by atoms with E-state index in [1.54, 1.807) is 4.90 Å². The highest BCUT2D eigenvalue weighted by atomic mass is 32.2. The van der Waals surface area contributed by atoms with Gasteiger partial charge in [-0.1, -0.05) is 34.9 Å². The van der Waals surface area contributed by atoms with Gasteiger partial charge in [-0.2, -0.15) is 0 Å². The van der Waals surface area contributed by atoms with Crippen LogP contribution in [0.1, 0.15) is 54.5 Å². The van der Waals surface area contributed by atoms with Crippen molar-refractivity contribution in [1.82, 2.24) is 19.7 Å². The molecule has 28 heavy (non-hydrogen) atoms. The average Bonchev–Trinajstić information content (AvgIpc) is 3.32. The lowest BCUT2D eigenvalue weighted by Gasteiger charge is -2.17. The third-order valence-corrected chi connectivity index (χ3v) is 8.02. The van der Waals surface area contributed by atoms with Crippen LogP contribution >= 0.6 is 34.9 Å². The summed E-state index contributed by atoms with van der Waals surface area (Å²) in [5.74, 6) is 0.964. The van der Waals surface area contributed by atoms with Crippen LogP contribution in [0.4, 0.5) is 0 Å². The second kappa shape index (κ2) is 9.45. The van der Waals surface area contributed by atoms with Crippen molar-refractivity contribution in [1.29, 1.82) is 0 Å². The number of carbonyl (C=O) groups excluding carboxylic acids is 2. The van der Waals surface area contributed by atoms with Gasteiger partial charge in [0, 0.05) is 36.1 Å². The van der Waals surface area contributed by atoms with E-state index in [4.69, 9.17) is 0 Å². The van der Waals surface area contributed by atoms with Crippen molar-refractivity contribution < 1.29 is 9.59 Å². The highest BCUT2D eigenvalue weighted by Gasteiger charge is 2.28. The lowest BCUT2D eigenvalue weighted by molar-refractivity contribution is -0.127. The predicted octanol–water partition coefficient (Wildman–Crippen LogP) is 4.23. The van der Waals surface area contributed by atoms with Crippen LogP contribution < -0.4 is 0 Å². The fourth-order valence-electron chi connectivity index (χ4n) is 3.26. The van der Waals surface area contributed by atoms with Crippen LogP contribution in [-0.4, -0.2) is 56.0 Å². The minimum Gasteiger partial charge on any atom is -0.345 e. The first-order valence-corrected chi connectivity index (χ1v) is 12.3. The summed E-state index contributed by atoms with van der Waals surface area (Å²) in [4.78, 5) is 26.6. The van der Waals surface area contributed by atoms with Gasteiger partial charge in [0.15, 0.2) is 14.5 Å². The molecule has 2 aromatic rings. The van der Waals surface area contributed by atoms with Crippen LogP contribution in [-0.2, 0) is 4.79 Å². The lowest BCUT2D eigenvalue weighted by atomic mass is 10.2. The zero-order chi connectivity index (χ0) is 20.3. The Morgan fingerprint density at radius 3 is 2.32 bits per heavy atom. The summed E-state index contributed by atoms with van der Waals surface area (Å²) in [5.41, 5.74) is 3.07. The van der Waals surface area contributed by atoms with Crippen LogP contribution in [0, 0.1) is 13.8 Å². The minimum atomic E-state index is 0.112. The van der Waals surface area contributed by atoms with Crippen LogP contribution in [0.15, 0.2) is 14.7 Å². The van der Waals surface area contributed by atoms with Gasteiger partial charge in [-0.05, 0) is 46.6 Å². The Morgan fingerprint density at radius 2 is 1.75 bits per heavy atom. The number of amides is 1. The van der Waals surface area contributed by atoms with Gasteiger partial charge in [0.25, 0.3) is 0 Å². The standard InChI is InChI=1S/C19H26N4O2S3/c1-5-22(6-2)17(25)11-27-19-21-20-18(28-19)26-10-16(24)15-9-12(3)23(13(15)4)14-7-8-14/h9,14H,5-8,10-11H2,1-4H3. The number of carbonyl (C=O) groups is 2. The lowest BCUT2D eigenvalue weighted by Crippen LogP contribution is -2.31. The number of Topliss-reactive ketones (excluding diaryl/α,β-unsaturated/α-hetero) is 1. The highest BCUT2D eigenvalue weighted by Crippen LogP contribution is 2.38. The van der Waals surface area contributed by atoms with Gasteiger partial charge in [0.05, 0.1) is 11.5 Å². The molecule has 0 atom stereocenters. The second-order valence-corrected chi connectivity index (χ2v) is 10.2. The monoisotopic (exact) mass is 438 g/mol. The Kier molecular flexibility index (Phi) is 7.22. The first-order chi connectivity index (χ1) is 13.4. The maximum absolute atomic E-state index is 12.7. The fraction of sp³-hybridized carbons (Fsp3) is 0.579. The molecule has 1 amide bonds. The molecule has 0 radical (unpaired) electrons. The van der Waals surface area contributed by atoms with Crippen LogP contribution in [0.3, 0.4) is 0 Å². The molecular weight excluding hydrogens is 412 g/mol. The molecule has 1 aliphatic carbocycles. The first kappa shape index (κ1) is 21.4. The number of nitrogens with zero attached hydrogens (tertiary/aromatic N) is 4. The van der Waals surface area contributed by atoms with E-state index in [0.717, 1.165) is 33.0 Å². The molecule has 1 saturated carbocycles. The van der Waals surface area contributed by atoms with Crippen LogP contribution in [0.2, 0.25) is 0 Å². The Balaban J connectivity index is 1.52. The van der Waals surface area contributed by atoms with Crippen molar-refractivity contribution in [2.75, 3.05) is 24.6 Å². The number of aromatic nitrogens is 3. The van der Waals surface area contributed by atoms with Gasteiger partial charge in [-0.15, -0.1) is 10.2 Å². The van der Waals surface area contributed by atoms with Gasteiger partial charge in [0.2, 0.25) is 5.91 Å². The van der Waals surface area contributed by atoms with E-state index in [9.17, 15) is 9.59 Å². The minimum absolute atomic E-state index is 0.112. The molecule has 9 heteroatoms. The van der Waals surface area contributed by atoms with Gasteiger partial charge in [0.1, 0.15) is 0 Å². The average molecular weight is 439 g/mol. The molecule has 0 saturated heterocycles. The molecule has 0 N–H and O–H groups in total. The molecule has 3 rings (SSSR count). The molecule has 1 aliphatic rings. The van der Waals surface area contributed by atoms with E-state index < -0.39 is 0 Å². The summed E-state index contributed by atoms with van der Waals surface area (Å²) in [5, 5.41) is 8.30. The predicted molar refractivity (Wildman–Crippen MR) is 116 cm³/mol. The third-order valence-electron chi connectivity index (χ3n) is 4.85. The number of aryl methyl sites for hydroxylation is 1. The number of ketones is 1. The van der Waals surface area contributed by atoms with Gasteiger partial charge in [-0.3, -0.25) is 9.59 Å². The molecule has 1 fully saturated rings. The van der Waals surface area contributed by atoms with Crippen molar-refractivity contribution in [2.45, 2.75) is 55.3 Å². The Hall–Kier alpha value is -1.32. The normalized spacial score (nSPS) is 13.7. The zero-order valence-corrected chi connectivity index (χ0v) is 19.2. The third kappa shape index (κ3) is 4.99. The first-order valence-electron chi connectivity index (χ1n) is 9.53. The van der Waals surface area contributed by atoms with Crippen molar-refractivity contribution in [3.05, 3.63) is 23.0 Å². The Labute approximate surface area is 178 Å². The van der Waals surface area contributed by atoms with Gasteiger partial charge in [-0.25, -0.2) is 0 Å². The molecule has 6 nitrogen and oxygen atoms in total. The van der Waals surface area contributed by atoms with Crippen molar-refractivity contribution in [2.24, 2.45) is 0 Å². The van der Waals surface area contributed by atoms with Crippen molar-refractivity contribution >= 4 is 46.6 Å². The summed E-state index contributed by atoms with van der Waals surface area (Å²) in [7, 11) is 0. The molecule has 2 aromatic heterocycles. The van der Waals surface area contributed by atoms with Crippen LogP contribution in [0.5, 0.6) is 0 Å². The number of rotatable bonds is 10. The summed E-state index contributed by atoms with van der Waals surface area (Å²) >= 11 is 4.27. The summed E-state index contributed by atoms with van der Waals surface area (Å²) in [6, 6.07) is 2.59. The van der Waals surface area contributed by atoms with E-state index in [1.807, 2.05) is 26.8 Å². The smallest absolute Gasteiger partial charge is 0.233 e. The van der Waals surface area contributed by atoms with E-state index in [1.165, 1.54) is 53.4 Å². The molecule has 0 bridgehead atoms. The second-order valence-electron chi connectivity index (χ2n) is 6.79. The molecule has 0 spiro atoms. The number of hydrogen-bond acceptors (Lipinski definition) is 7. The number of hydrogen-bond donors (Lipinski definition) is 0. The Bertz CT molecular complexity index is 853. The fourth-order valence-corrected chi connectivity index (χ4v) is 6.07. The van der Waals surface area contributed by atoms with E-state index in [2.05, 4.69) is 21.7 Å². The maximum atomic E-state index is 12.7. The topological polar surface area (TPSA) is 68.1 Å². The molecule has 152 valence electrons. The van der Waals surface area contributed by atoms with E-state index in [0.29, 0.717) is 17.5 Å². The van der Waals surface area contributed by atoms with Crippen molar-refractivity contribution in [3.8, 4) is 0 Å². The van der Waals surface area contributed by atoms with Gasteiger partial charge < -0.3 is 9.47 Å². The Morgan fingerprint density at radius 1 is 1.14 bits per heavy atom. The van der Waals surface area contributed by atoms with Crippen LogP contribution in [0.25, 0.3) is 0 Å². The molecular formula is C19H26N4O2S3. The maximum Gasteiger partial charge on any atom is 0.233 e. The van der Waals surface area contributed by atoms with E-state index in [-0.39, 0.29) is 11.7 Å². The SMILES string of the molecule is CCN(CC)C(=O)CSc1nnc(SCC(=O)c2cc(C)n(C3CC3)c2C)s1. The molecule has 0 aliphatic heterocycles. The molecule has 0 aromatic carbocycles. The van der Waals surface area contributed by atoms with Crippen molar-refractivity contribution in [3.63, 3.8) is 0 Å². The molecule has 2 heterocycles. The quantitative estimate of drug-likeness (QED) is 0.408. The largest absolute Gasteiger partial charge is 0.345 e. The summed E-state index contributed by atoms with van der Waals surface area (Å²) < 4.78 is 3.83. The van der Waals surface area contributed by atoms with E-state index >= 15 is 0 Å².